The number of benzene rings is 1. The Balaban J connectivity index is 1.79. The highest BCUT2D eigenvalue weighted by atomic mass is 79.9. The van der Waals surface area contributed by atoms with Gasteiger partial charge in [0.25, 0.3) is 5.91 Å². The van der Waals surface area contributed by atoms with Crippen LogP contribution in [0.4, 0.5) is 0 Å². The maximum absolute atomic E-state index is 12.7. The van der Waals surface area contributed by atoms with Gasteiger partial charge in [0.2, 0.25) is 0 Å². The van der Waals surface area contributed by atoms with Crippen molar-refractivity contribution in [3.05, 3.63) is 33.3 Å². The van der Waals surface area contributed by atoms with Gasteiger partial charge in [-0.2, -0.15) is 0 Å². The Bertz CT molecular complexity index is 517. The van der Waals surface area contributed by atoms with Crippen LogP contribution in [-0.4, -0.2) is 36.0 Å². The van der Waals surface area contributed by atoms with Crippen LogP contribution in [0.15, 0.2) is 22.7 Å². The molecule has 1 N–H and O–H groups in total. The molecule has 2 heterocycles. The lowest BCUT2D eigenvalue weighted by Crippen LogP contribution is -2.46. The zero-order chi connectivity index (χ0) is 14.1. The van der Waals surface area contributed by atoms with E-state index in [4.69, 9.17) is 11.6 Å². The molecule has 2 saturated heterocycles. The van der Waals surface area contributed by atoms with Crippen molar-refractivity contribution in [2.24, 2.45) is 0 Å². The maximum Gasteiger partial charge on any atom is 0.254 e. The number of rotatable bonds is 2. The molecule has 0 bridgehead atoms. The minimum atomic E-state index is 0.124. The highest BCUT2D eigenvalue weighted by Crippen LogP contribution is 2.28. The number of carbonyl (C=O) groups excluding carboxylic acids is 1. The van der Waals surface area contributed by atoms with E-state index in [0.29, 0.717) is 22.7 Å². The Hall–Kier alpha value is -0.580. The van der Waals surface area contributed by atoms with Crippen molar-refractivity contribution in [1.82, 2.24) is 10.2 Å². The minimum absolute atomic E-state index is 0.124. The quantitative estimate of drug-likeness (QED) is 0.879. The number of hydrogen-bond acceptors (Lipinski definition) is 2. The Labute approximate surface area is 132 Å². The summed E-state index contributed by atoms with van der Waals surface area (Å²) in [5.74, 6) is 0.124. The summed E-state index contributed by atoms with van der Waals surface area (Å²) in [6.07, 6.45) is 4.61. The van der Waals surface area contributed by atoms with Crippen LogP contribution >= 0.6 is 27.5 Å². The van der Waals surface area contributed by atoms with Gasteiger partial charge >= 0.3 is 0 Å². The van der Waals surface area contributed by atoms with Crippen LogP contribution in [0.1, 0.15) is 36.0 Å². The van der Waals surface area contributed by atoms with Crippen LogP contribution in [0.3, 0.4) is 0 Å². The molecule has 1 amide bonds. The minimum Gasteiger partial charge on any atom is -0.334 e. The number of hydrogen-bond donors (Lipinski definition) is 1. The van der Waals surface area contributed by atoms with Crippen LogP contribution in [0.25, 0.3) is 0 Å². The molecule has 3 nitrogen and oxygen atoms in total. The first kappa shape index (κ1) is 14.4. The van der Waals surface area contributed by atoms with Gasteiger partial charge in [0.1, 0.15) is 0 Å². The SMILES string of the molecule is O=C(c1ccc(Cl)c(Br)c1)N1CCCC1C1CCCN1. The van der Waals surface area contributed by atoms with Gasteiger partial charge in [-0.05, 0) is 66.4 Å². The Kier molecular flexibility index (Phi) is 4.34. The van der Waals surface area contributed by atoms with E-state index >= 15 is 0 Å². The van der Waals surface area contributed by atoms with E-state index in [-0.39, 0.29) is 5.91 Å². The first-order valence-corrected chi connectivity index (χ1v) is 8.33. The van der Waals surface area contributed by atoms with Gasteiger partial charge in [0.15, 0.2) is 0 Å². The van der Waals surface area contributed by atoms with Gasteiger partial charge in [0.05, 0.1) is 5.02 Å². The number of nitrogens with zero attached hydrogens (tertiary/aromatic N) is 1. The predicted octanol–water partition coefficient (Wildman–Crippen LogP) is 3.46. The second-order valence-electron chi connectivity index (χ2n) is 5.54. The monoisotopic (exact) mass is 356 g/mol. The van der Waals surface area contributed by atoms with Gasteiger partial charge in [-0.25, -0.2) is 0 Å². The number of halogens is 2. The van der Waals surface area contributed by atoms with Crippen molar-refractivity contribution in [3.63, 3.8) is 0 Å². The van der Waals surface area contributed by atoms with Crippen molar-refractivity contribution in [2.45, 2.75) is 37.8 Å². The third-order valence-corrected chi connectivity index (χ3v) is 5.50. The zero-order valence-electron chi connectivity index (χ0n) is 11.2. The Morgan fingerprint density at radius 2 is 2.20 bits per heavy atom. The third-order valence-electron chi connectivity index (χ3n) is 4.29. The molecule has 2 atom stereocenters. The molecule has 5 heteroatoms. The molecule has 2 aliphatic rings. The van der Waals surface area contributed by atoms with Gasteiger partial charge in [-0.1, -0.05) is 11.6 Å². The summed E-state index contributed by atoms with van der Waals surface area (Å²) >= 11 is 9.38. The fourth-order valence-electron chi connectivity index (χ4n) is 3.30. The number of likely N-dealkylation sites (tertiary alicyclic amines) is 1. The highest BCUT2D eigenvalue weighted by molar-refractivity contribution is 9.10. The van der Waals surface area contributed by atoms with E-state index in [2.05, 4.69) is 21.2 Å². The molecular formula is C15H18BrClN2O. The molecule has 0 radical (unpaired) electrons. The topological polar surface area (TPSA) is 32.3 Å². The van der Waals surface area contributed by atoms with E-state index in [0.717, 1.165) is 30.4 Å². The Morgan fingerprint density at radius 3 is 2.90 bits per heavy atom. The molecule has 2 fully saturated rings. The first-order valence-electron chi connectivity index (χ1n) is 7.16. The van der Waals surface area contributed by atoms with E-state index in [1.54, 1.807) is 6.07 Å². The van der Waals surface area contributed by atoms with E-state index in [9.17, 15) is 4.79 Å². The smallest absolute Gasteiger partial charge is 0.254 e. The Morgan fingerprint density at radius 1 is 1.35 bits per heavy atom. The van der Waals surface area contributed by atoms with Crippen LogP contribution in [0, 0.1) is 0 Å². The molecule has 2 aliphatic heterocycles. The summed E-state index contributed by atoms with van der Waals surface area (Å²) in [4.78, 5) is 14.8. The van der Waals surface area contributed by atoms with Crippen LogP contribution in [0.5, 0.6) is 0 Å². The number of nitrogens with one attached hydrogen (secondary N) is 1. The molecule has 20 heavy (non-hydrogen) atoms. The molecule has 108 valence electrons. The lowest BCUT2D eigenvalue weighted by atomic mass is 10.0. The molecule has 0 saturated carbocycles. The van der Waals surface area contributed by atoms with E-state index < -0.39 is 0 Å². The second-order valence-corrected chi connectivity index (χ2v) is 6.80. The standard InChI is InChI=1S/C15H18BrClN2O/c16-11-9-10(5-6-12(11)17)15(20)19-8-2-4-14(19)13-3-1-7-18-13/h5-6,9,13-14,18H,1-4,7-8H2. The summed E-state index contributed by atoms with van der Waals surface area (Å²) in [7, 11) is 0. The lowest BCUT2D eigenvalue weighted by Gasteiger charge is -2.29. The molecule has 2 unspecified atom stereocenters. The molecule has 0 spiro atoms. The lowest BCUT2D eigenvalue weighted by molar-refractivity contribution is 0.0711. The fourth-order valence-corrected chi connectivity index (χ4v) is 3.79. The largest absolute Gasteiger partial charge is 0.334 e. The number of carbonyl (C=O) groups is 1. The van der Waals surface area contributed by atoms with Crippen molar-refractivity contribution < 1.29 is 4.79 Å². The average Bonchev–Trinajstić information content (AvgIpc) is 3.10. The van der Waals surface area contributed by atoms with Crippen molar-refractivity contribution in [3.8, 4) is 0 Å². The van der Waals surface area contributed by atoms with Crippen molar-refractivity contribution in [2.75, 3.05) is 13.1 Å². The molecule has 1 aromatic rings. The summed E-state index contributed by atoms with van der Waals surface area (Å²) in [5.41, 5.74) is 0.714. The zero-order valence-corrected chi connectivity index (χ0v) is 13.6. The summed E-state index contributed by atoms with van der Waals surface area (Å²) in [6.45, 7) is 1.94. The van der Waals surface area contributed by atoms with Crippen LogP contribution in [-0.2, 0) is 0 Å². The molecule has 0 aromatic heterocycles. The van der Waals surface area contributed by atoms with Gasteiger partial charge in [-0.15, -0.1) is 0 Å². The highest BCUT2D eigenvalue weighted by Gasteiger charge is 2.36. The molecule has 0 aliphatic carbocycles. The maximum atomic E-state index is 12.7. The summed E-state index contributed by atoms with van der Waals surface area (Å²) in [5, 5.41) is 4.17. The fraction of sp³-hybridized carbons (Fsp3) is 0.533. The van der Waals surface area contributed by atoms with Gasteiger partial charge in [-0.3, -0.25) is 4.79 Å². The third kappa shape index (κ3) is 2.74. The van der Waals surface area contributed by atoms with E-state index in [1.165, 1.54) is 12.8 Å². The predicted molar refractivity (Wildman–Crippen MR) is 84.2 cm³/mol. The van der Waals surface area contributed by atoms with Gasteiger partial charge < -0.3 is 10.2 Å². The summed E-state index contributed by atoms with van der Waals surface area (Å²) in [6, 6.07) is 6.23. The first-order chi connectivity index (χ1) is 9.66. The molecule has 1 aromatic carbocycles. The van der Waals surface area contributed by atoms with Crippen molar-refractivity contribution in [1.29, 1.82) is 0 Å². The number of amides is 1. The van der Waals surface area contributed by atoms with Crippen LogP contribution in [0.2, 0.25) is 5.02 Å². The summed E-state index contributed by atoms with van der Waals surface area (Å²) < 4.78 is 0.778. The van der Waals surface area contributed by atoms with Gasteiger partial charge in [0, 0.05) is 28.7 Å². The second kappa shape index (κ2) is 6.04. The molecule has 3 rings (SSSR count). The van der Waals surface area contributed by atoms with Crippen LogP contribution < -0.4 is 5.32 Å². The normalized spacial score (nSPS) is 26.2. The van der Waals surface area contributed by atoms with Crippen molar-refractivity contribution >= 4 is 33.4 Å². The van der Waals surface area contributed by atoms with E-state index in [1.807, 2.05) is 17.0 Å². The average molecular weight is 358 g/mol. The molecular weight excluding hydrogens is 340 g/mol.